The van der Waals surface area contributed by atoms with Gasteiger partial charge in [0, 0.05) is 17.1 Å². The van der Waals surface area contributed by atoms with E-state index in [9.17, 15) is 9.90 Å². The maximum atomic E-state index is 13.2. The Balaban J connectivity index is 1.70. The molecule has 4 rings (SSSR count). The monoisotopic (exact) mass is 375 g/mol. The number of carbonyl (C=O) groups is 1. The molecule has 1 amide bonds. The Hall–Kier alpha value is -2.28. The Morgan fingerprint density at radius 1 is 1.19 bits per heavy atom. The third kappa shape index (κ3) is 3.00. The molecule has 0 saturated carbocycles. The van der Waals surface area contributed by atoms with E-state index in [4.69, 9.17) is 25.8 Å². The topological polar surface area (TPSA) is 68.2 Å². The fraction of sp³-hybridized carbons (Fsp3) is 0.316. The molecular formula is C19H18ClNO5. The van der Waals surface area contributed by atoms with Crippen LogP contribution in [0.5, 0.6) is 11.5 Å². The highest BCUT2D eigenvalue weighted by molar-refractivity contribution is 6.31. The maximum Gasteiger partial charge on any atom is 0.254 e. The van der Waals surface area contributed by atoms with Crippen LogP contribution in [0.15, 0.2) is 42.5 Å². The summed E-state index contributed by atoms with van der Waals surface area (Å²) in [5.41, 5.74) is 1.24. The average Bonchev–Trinajstić information content (AvgIpc) is 3.15. The second-order valence-corrected chi connectivity index (χ2v) is 6.53. The van der Waals surface area contributed by atoms with Gasteiger partial charge >= 0.3 is 0 Å². The molecule has 0 radical (unpaired) electrons. The van der Waals surface area contributed by atoms with Gasteiger partial charge in [-0.15, -0.1) is 0 Å². The molecule has 136 valence electrons. The Morgan fingerprint density at radius 2 is 2.00 bits per heavy atom. The summed E-state index contributed by atoms with van der Waals surface area (Å²) in [7, 11) is 0. The first-order valence-corrected chi connectivity index (χ1v) is 8.74. The Morgan fingerprint density at radius 3 is 2.81 bits per heavy atom. The van der Waals surface area contributed by atoms with Crippen LogP contribution in [-0.4, -0.2) is 48.6 Å². The molecule has 1 saturated heterocycles. The average molecular weight is 376 g/mol. The zero-order valence-electron chi connectivity index (χ0n) is 13.9. The summed E-state index contributed by atoms with van der Waals surface area (Å²) in [6.07, 6.45) is -0.540. The van der Waals surface area contributed by atoms with Gasteiger partial charge in [0.25, 0.3) is 5.91 Å². The number of rotatable bonds is 3. The minimum absolute atomic E-state index is 0.152. The molecule has 0 unspecified atom stereocenters. The first-order chi connectivity index (χ1) is 12.7. The van der Waals surface area contributed by atoms with Gasteiger partial charge in [-0.1, -0.05) is 29.8 Å². The van der Waals surface area contributed by atoms with Crippen LogP contribution in [-0.2, 0) is 4.74 Å². The van der Waals surface area contributed by atoms with Gasteiger partial charge in [-0.3, -0.25) is 4.79 Å². The van der Waals surface area contributed by atoms with Crippen LogP contribution in [0.1, 0.15) is 22.0 Å². The van der Waals surface area contributed by atoms with E-state index in [1.54, 1.807) is 29.2 Å². The van der Waals surface area contributed by atoms with Crippen molar-refractivity contribution in [3.05, 3.63) is 58.6 Å². The number of hydrogen-bond donors (Lipinski definition) is 1. The maximum absolute atomic E-state index is 13.2. The number of aliphatic hydroxyl groups excluding tert-OH is 1. The molecule has 6 nitrogen and oxygen atoms in total. The smallest absolute Gasteiger partial charge is 0.254 e. The highest BCUT2D eigenvalue weighted by Crippen LogP contribution is 2.37. The van der Waals surface area contributed by atoms with Crippen molar-refractivity contribution in [2.75, 3.05) is 26.6 Å². The summed E-state index contributed by atoms with van der Waals surface area (Å²) >= 11 is 6.36. The third-order valence-corrected chi connectivity index (χ3v) is 4.98. The number of hydrogen-bond acceptors (Lipinski definition) is 5. The molecule has 7 heteroatoms. The number of aliphatic hydroxyl groups is 1. The van der Waals surface area contributed by atoms with Gasteiger partial charge in [0.15, 0.2) is 11.5 Å². The molecule has 26 heavy (non-hydrogen) atoms. The fourth-order valence-electron chi connectivity index (χ4n) is 3.39. The Labute approximate surface area is 155 Å². The standard InChI is InChI=1S/C19H18ClNO5/c20-14-4-2-1-3-13(14)18-17(10-22)24-8-7-21(18)19(23)12-5-6-15-16(9-12)26-11-25-15/h1-6,9,17-18,22H,7-8,10-11H2/t17-,18-/m0/s1. The molecule has 2 aromatic rings. The second-order valence-electron chi connectivity index (χ2n) is 6.12. The van der Waals surface area contributed by atoms with Crippen LogP contribution >= 0.6 is 11.6 Å². The third-order valence-electron chi connectivity index (χ3n) is 4.64. The zero-order chi connectivity index (χ0) is 18.1. The van der Waals surface area contributed by atoms with Crippen LogP contribution in [0.4, 0.5) is 0 Å². The van der Waals surface area contributed by atoms with Gasteiger partial charge in [0.05, 0.1) is 19.3 Å². The van der Waals surface area contributed by atoms with E-state index in [1.807, 2.05) is 18.2 Å². The summed E-state index contributed by atoms with van der Waals surface area (Å²) in [4.78, 5) is 14.9. The normalized spacial score (nSPS) is 21.7. The van der Waals surface area contributed by atoms with Crippen LogP contribution in [0.2, 0.25) is 5.02 Å². The molecular weight excluding hydrogens is 358 g/mol. The van der Waals surface area contributed by atoms with Crippen LogP contribution in [0, 0.1) is 0 Å². The van der Waals surface area contributed by atoms with Crippen LogP contribution in [0.3, 0.4) is 0 Å². The van der Waals surface area contributed by atoms with Gasteiger partial charge in [0.1, 0.15) is 6.10 Å². The largest absolute Gasteiger partial charge is 0.454 e. The van der Waals surface area contributed by atoms with E-state index in [-0.39, 0.29) is 19.3 Å². The fourth-order valence-corrected chi connectivity index (χ4v) is 3.64. The van der Waals surface area contributed by atoms with E-state index in [0.717, 1.165) is 5.56 Å². The van der Waals surface area contributed by atoms with Gasteiger partial charge in [-0.2, -0.15) is 0 Å². The molecule has 0 bridgehead atoms. The summed E-state index contributed by atoms with van der Waals surface area (Å²) in [5.74, 6) is 1.01. The van der Waals surface area contributed by atoms with E-state index in [2.05, 4.69) is 0 Å². The Kier molecular flexibility index (Phi) is 4.72. The number of halogens is 1. The first-order valence-electron chi connectivity index (χ1n) is 8.36. The molecule has 2 aliphatic heterocycles. The predicted octanol–water partition coefficient (Wildman–Crippen LogP) is 2.64. The predicted molar refractivity (Wildman–Crippen MR) is 94.6 cm³/mol. The molecule has 2 atom stereocenters. The number of amides is 1. The number of nitrogens with zero attached hydrogens (tertiary/aromatic N) is 1. The summed E-state index contributed by atoms with van der Waals surface area (Å²) < 4.78 is 16.4. The lowest BCUT2D eigenvalue weighted by atomic mass is 9.97. The van der Waals surface area contributed by atoms with Crippen molar-refractivity contribution >= 4 is 17.5 Å². The number of morpholine rings is 1. The van der Waals surface area contributed by atoms with Crippen molar-refractivity contribution < 1.29 is 24.1 Å². The van der Waals surface area contributed by atoms with Crippen LogP contribution in [0.25, 0.3) is 0 Å². The Bertz CT molecular complexity index is 827. The van der Waals surface area contributed by atoms with Gasteiger partial charge in [-0.25, -0.2) is 0 Å². The minimum Gasteiger partial charge on any atom is -0.454 e. The van der Waals surface area contributed by atoms with Crippen molar-refractivity contribution in [2.45, 2.75) is 12.1 Å². The summed E-state index contributed by atoms with van der Waals surface area (Å²) in [6.45, 7) is 0.697. The summed E-state index contributed by atoms with van der Waals surface area (Å²) in [6, 6.07) is 11.9. The molecule has 0 spiro atoms. The molecule has 0 aromatic heterocycles. The van der Waals surface area contributed by atoms with Crippen molar-refractivity contribution in [3.8, 4) is 11.5 Å². The van der Waals surface area contributed by atoms with Crippen LogP contribution < -0.4 is 9.47 Å². The molecule has 1 N–H and O–H groups in total. The lowest BCUT2D eigenvalue weighted by molar-refractivity contribution is -0.0811. The number of fused-ring (bicyclic) bond motifs is 1. The van der Waals surface area contributed by atoms with E-state index in [0.29, 0.717) is 35.2 Å². The van der Waals surface area contributed by atoms with Gasteiger partial charge < -0.3 is 24.2 Å². The van der Waals surface area contributed by atoms with Gasteiger partial charge in [-0.05, 0) is 29.8 Å². The SMILES string of the molecule is O=C(c1ccc2c(c1)OCO2)N1CCO[C@@H](CO)[C@@H]1c1ccccc1Cl. The highest BCUT2D eigenvalue weighted by atomic mass is 35.5. The molecule has 0 aliphatic carbocycles. The first kappa shape index (κ1) is 17.1. The number of ether oxygens (including phenoxy) is 3. The lowest BCUT2D eigenvalue weighted by Gasteiger charge is -2.41. The van der Waals surface area contributed by atoms with Crippen molar-refractivity contribution in [1.82, 2.24) is 4.90 Å². The highest BCUT2D eigenvalue weighted by Gasteiger charge is 2.37. The molecule has 2 heterocycles. The number of carbonyl (C=O) groups excluding carboxylic acids is 1. The number of benzene rings is 2. The van der Waals surface area contributed by atoms with Crippen molar-refractivity contribution in [3.63, 3.8) is 0 Å². The van der Waals surface area contributed by atoms with Gasteiger partial charge in [0.2, 0.25) is 6.79 Å². The molecule has 2 aromatic carbocycles. The van der Waals surface area contributed by atoms with E-state index in [1.165, 1.54) is 0 Å². The molecule has 2 aliphatic rings. The quantitative estimate of drug-likeness (QED) is 0.893. The minimum atomic E-state index is -0.540. The molecule has 1 fully saturated rings. The zero-order valence-corrected chi connectivity index (χ0v) is 14.7. The van der Waals surface area contributed by atoms with E-state index < -0.39 is 12.1 Å². The summed E-state index contributed by atoms with van der Waals surface area (Å²) in [5, 5.41) is 10.3. The second kappa shape index (κ2) is 7.15. The van der Waals surface area contributed by atoms with Crippen molar-refractivity contribution in [2.24, 2.45) is 0 Å². The van der Waals surface area contributed by atoms with Crippen molar-refractivity contribution in [1.29, 1.82) is 0 Å². The lowest BCUT2D eigenvalue weighted by Crippen LogP contribution is -2.49. The van der Waals surface area contributed by atoms with E-state index >= 15 is 0 Å².